The summed E-state index contributed by atoms with van der Waals surface area (Å²) in [4.78, 5) is 22.9. The Labute approximate surface area is 76.5 Å². The molecule has 1 aliphatic carbocycles. The fourth-order valence-electron chi connectivity index (χ4n) is 2.07. The average molecular weight is 177 g/mol. The van der Waals surface area contributed by atoms with Crippen molar-refractivity contribution in [1.82, 2.24) is 5.32 Å². The fraction of sp³-hybridized carbons (Fsp3) is 0.400. The molecule has 0 aromatic carbocycles. The van der Waals surface area contributed by atoms with Crippen molar-refractivity contribution in [3.05, 3.63) is 23.8 Å². The lowest BCUT2D eigenvalue weighted by Crippen LogP contribution is -2.31. The van der Waals surface area contributed by atoms with E-state index < -0.39 is 5.41 Å². The average Bonchev–Trinajstić information content (AvgIpc) is 2.24. The highest BCUT2D eigenvalue weighted by atomic mass is 16.2. The first kappa shape index (κ1) is 8.23. The van der Waals surface area contributed by atoms with Crippen molar-refractivity contribution in [2.24, 2.45) is 11.3 Å². The van der Waals surface area contributed by atoms with Gasteiger partial charge in [0.15, 0.2) is 0 Å². The van der Waals surface area contributed by atoms with Gasteiger partial charge in [0.25, 0.3) is 0 Å². The van der Waals surface area contributed by atoms with Crippen LogP contribution in [0.2, 0.25) is 0 Å². The van der Waals surface area contributed by atoms with Gasteiger partial charge in [0.05, 0.1) is 11.3 Å². The second-order valence-corrected chi connectivity index (χ2v) is 3.80. The van der Waals surface area contributed by atoms with E-state index in [0.717, 1.165) is 5.57 Å². The first-order chi connectivity index (χ1) is 6.05. The molecule has 2 unspecified atom stereocenters. The monoisotopic (exact) mass is 177 g/mol. The minimum absolute atomic E-state index is 0.175. The zero-order chi connectivity index (χ0) is 9.64. The number of imide groups is 1. The second kappa shape index (κ2) is 2.31. The van der Waals surface area contributed by atoms with Crippen LogP contribution < -0.4 is 5.32 Å². The first-order valence-corrected chi connectivity index (χ1v) is 4.27. The van der Waals surface area contributed by atoms with Crippen LogP contribution in [0.5, 0.6) is 0 Å². The van der Waals surface area contributed by atoms with E-state index in [-0.39, 0.29) is 17.7 Å². The second-order valence-electron chi connectivity index (χ2n) is 3.80. The van der Waals surface area contributed by atoms with Gasteiger partial charge in [-0.05, 0) is 13.8 Å². The fourth-order valence-corrected chi connectivity index (χ4v) is 2.07. The third kappa shape index (κ3) is 0.899. The molecule has 2 amide bonds. The van der Waals surface area contributed by atoms with E-state index in [9.17, 15) is 9.59 Å². The molecule has 0 aromatic heterocycles. The Balaban J connectivity index is 2.54. The number of allylic oxidation sites excluding steroid dienone is 2. The number of amides is 2. The van der Waals surface area contributed by atoms with Gasteiger partial charge in [0.2, 0.25) is 11.8 Å². The summed E-state index contributed by atoms with van der Waals surface area (Å²) in [7, 11) is 0. The molecule has 2 atom stereocenters. The van der Waals surface area contributed by atoms with E-state index in [2.05, 4.69) is 5.32 Å². The summed E-state index contributed by atoms with van der Waals surface area (Å²) >= 11 is 0. The summed E-state index contributed by atoms with van der Waals surface area (Å²) in [5.41, 5.74) is 0.295. The molecule has 1 fully saturated rings. The van der Waals surface area contributed by atoms with Gasteiger partial charge < -0.3 is 0 Å². The molecule has 0 radical (unpaired) electrons. The maximum Gasteiger partial charge on any atom is 0.237 e. The molecule has 2 rings (SSSR count). The van der Waals surface area contributed by atoms with Crippen LogP contribution in [-0.4, -0.2) is 11.8 Å². The van der Waals surface area contributed by atoms with Crippen molar-refractivity contribution in [2.45, 2.75) is 13.8 Å². The predicted molar refractivity (Wildman–Crippen MR) is 47.6 cm³/mol. The molecule has 0 aromatic rings. The molecule has 0 bridgehead atoms. The lowest BCUT2D eigenvalue weighted by atomic mass is 9.73. The van der Waals surface area contributed by atoms with E-state index >= 15 is 0 Å². The highest BCUT2D eigenvalue weighted by molar-refractivity contribution is 6.09. The van der Waals surface area contributed by atoms with Crippen molar-refractivity contribution in [3.63, 3.8) is 0 Å². The highest BCUT2D eigenvalue weighted by Crippen LogP contribution is 2.41. The number of fused-ring (bicyclic) bond motifs is 1. The number of carbonyl (C=O) groups is 2. The van der Waals surface area contributed by atoms with Gasteiger partial charge >= 0.3 is 0 Å². The van der Waals surface area contributed by atoms with Gasteiger partial charge in [-0.2, -0.15) is 0 Å². The van der Waals surface area contributed by atoms with Crippen LogP contribution in [0.4, 0.5) is 0 Å². The molecule has 13 heavy (non-hydrogen) atoms. The number of carbonyl (C=O) groups excluding carboxylic acids is 2. The zero-order valence-corrected chi connectivity index (χ0v) is 7.63. The predicted octanol–water partition coefficient (Wildman–Crippen LogP) is 0.781. The van der Waals surface area contributed by atoms with Crippen LogP contribution in [0.25, 0.3) is 0 Å². The largest absolute Gasteiger partial charge is 0.295 e. The summed E-state index contributed by atoms with van der Waals surface area (Å²) in [5.74, 6) is -0.665. The van der Waals surface area contributed by atoms with Crippen LogP contribution >= 0.6 is 0 Å². The van der Waals surface area contributed by atoms with E-state index in [4.69, 9.17) is 0 Å². The molecule has 1 heterocycles. The smallest absolute Gasteiger partial charge is 0.237 e. The highest BCUT2D eigenvalue weighted by Gasteiger charge is 2.51. The standard InChI is InChI=1S/C10H11NO2/c1-6-4-3-5-10(2)7(6)8(12)11-9(10)13/h3-5,7H,1-2H3,(H,11,12,13). The lowest BCUT2D eigenvalue weighted by Gasteiger charge is -2.26. The normalized spacial score (nSPS) is 37.1. The van der Waals surface area contributed by atoms with Gasteiger partial charge in [-0.15, -0.1) is 0 Å². The van der Waals surface area contributed by atoms with Crippen molar-refractivity contribution < 1.29 is 9.59 Å². The van der Waals surface area contributed by atoms with Crippen molar-refractivity contribution in [3.8, 4) is 0 Å². The third-order valence-electron chi connectivity index (χ3n) is 2.84. The molecule has 1 saturated heterocycles. The Kier molecular flexibility index (Phi) is 1.46. The van der Waals surface area contributed by atoms with Crippen LogP contribution in [0.1, 0.15) is 13.8 Å². The van der Waals surface area contributed by atoms with Crippen molar-refractivity contribution in [1.29, 1.82) is 0 Å². The third-order valence-corrected chi connectivity index (χ3v) is 2.84. The molecular weight excluding hydrogens is 166 g/mol. The molecule has 0 spiro atoms. The molecule has 1 N–H and O–H groups in total. The summed E-state index contributed by atoms with van der Waals surface area (Å²) in [6.07, 6.45) is 5.51. The topological polar surface area (TPSA) is 46.2 Å². The molecule has 68 valence electrons. The molecular formula is C10H11NO2. The molecule has 3 heteroatoms. The van der Waals surface area contributed by atoms with Crippen LogP contribution in [-0.2, 0) is 9.59 Å². The quantitative estimate of drug-likeness (QED) is 0.556. The Morgan fingerprint density at radius 1 is 1.46 bits per heavy atom. The van der Waals surface area contributed by atoms with E-state index in [1.165, 1.54) is 0 Å². The maximum atomic E-state index is 11.5. The Morgan fingerprint density at radius 3 is 2.77 bits per heavy atom. The minimum atomic E-state index is -0.657. The van der Waals surface area contributed by atoms with Gasteiger partial charge in [-0.25, -0.2) is 0 Å². The SMILES string of the molecule is CC1=CC=CC2(C)C(=O)NC(=O)C12. The minimum Gasteiger partial charge on any atom is -0.295 e. The van der Waals surface area contributed by atoms with Crippen LogP contribution in [0.3, 0.4) is 0 Å². The lowest BCUT2D eigenvalue weighted by molar-refractivity contribution is -0.126. The van der Waals surface area contributed by atoms with Crippen molar-refractivity contribution in [2.75, 3.05) is 0 Å². The molecule has 2 aliphatic rings. The Bertz CT molecular complexity index is 354. The number of hydrogen-bond acceptors (Lipinski definition) is 2. The van der Waals surface area contributed by atoms with Gasteiger partial charge in [-0.1, -0.05) is 23.8 Å². The number of nitrogens with one attached hydrogen (secondary N) is 1. The van der Waals surface area contributed by atoms with Gasteiger partial charge in [-0.3, -0.25) is 14.9 Å². The van der Waals surface area contributed by atoms with Crippen LogP contribution in [0, 0.1) is 11.3 Å². The summed E-state index contributed by atoms with van der Waals surface area (Å²) < 4.78 is 0. The van der Waals surface area contributed by atoms with Gasteiger partial charge in [0.1, 0.15) is 0 Å². The van der Waals surface area contributed by atoms with E-state index in [0.29, 0.717) is 0 Å². The molecule has 1 aliphatic heterocycles. The maximum absolute atomic E-state index is 11.5. The van der Waals surface area contributed by atoms with Crippen LogP contribution in [0.15, 0.2) is 23.8 Å². The summed E-state index contributed by atoms with van der Waals surface area (Å²) in [6, 6.07) is 0. The first-order valence-electron chi connectivity index (χ1n) is 4.27. The summed E-state index contributed by atoms with van der Waals surface area (Å²) in [5, 5.41) is 2.36. The summed E-state index contributed by atoms with van der Waals surface area (Å²) in [6.45, 7) is 3.68. The van der Waals surface area contributed by atoms with E-state index in [1.807, 2.05) is 19.1 Å². The van der Waals surface area contributed by atoms with Crippen molar-refractivity contribution >= 4 is 11.8 Å². The Hall–Kier alpha value is -1.38. The van der Waals surface area contributed by atoms with Gasteiger partial charge in [0, 0.05) is 0 Å². The zero-order valence-electron chi connectivity index (χ0n) is 7.63. The van der Waals surface area contributed by atoms with E-state index in [1.54, 1.807) is 13.0 Å². The number of rotatable bonds is 0. The molecule has 3 nitrogen and oxygen atoms in total. The Morgan fingerprint density at radius 2 is 2.15 bits per heavy atom. The number of hydrogen-bond donors (Lipinski definition) is 1. The molecule has 0 saturated carbocycles.